The maximum atomic E-state index is 12.0. The Bertz CT molecular complexity index is 647. The molecule has 0 saturated carbocycles. The van der Waals surface area contributed by atoms with E-state index in [1.54, 1.807) is 18.2 Å². The smallest absolute Gasteiger partial charge is 0.258 e. The topological polar surface area (TPSA) is 98.0 Å². The molecule has 3 N–H and O–H groups in total. The van der Waals surface area contributed by atoms with Gasteiger partial charge in [0.2, 0.25) is 11.0 Å². The number of anilines is 1. The maximum Gasteiger partial charge on any atom is 0.258 e. The molecule has 0 fully saturated rings. The van der Waals surface area contributed by atoms with Crippen LogP contribution in [0.3, 0.4) is 0 Å². The number of hydrogen-bond acceptors (Lipinski definition) is 6. The molecule has 0 radical (unpaired) electrons. The summed E-state index contributed by atoms with van der Waals surface area (Å²) in [5, 5.41) is 10.7. The van der Waals surface area contributed by atoms with Crippen molar-refractivity contribution in [2.75, 3.05) is 11.1 Å². The largest absolute Gasteiger partial charge is 0.369 e. The van der Waals surface area contributed by atoms with E-state index in [1.165, 1.54) is 23.1 Å². The van der Waals surface area contributed by atoms with Gasteiger partial charge in [0.25, 0.3) is 5.91 Å². The van der Waals surface area contributed by atoms with Crippen molar-refractivity contribution >= 4 is 56.0 Å². The molecule has 0 bridgehead atoms. The molecule has 0 atom stereocenters. The van der Waals surface area contributed by atoms with Crippen molar-refractivity contribution in [3.05, 3.63) is 34.3 Å². The summed E-state index contributed by atoms with van der Waals surface area (Å²) < 4.78 is 1.27. The Kier molecular flexibility index (Phi) is 5.10. The van der Waals surface area contributed by atoms with E-state index in [0.29, 0.717) is 19.5 Å². The predicted molar refractivity (Wildman–Crippen MR) is 81.9 cm³/mol. The lowest BCUT2D eigenvalue weighted by molar-refractivity contribution is -0.115. The molecule has 104 valence electrons. The van der Waals surface area contributed by atoms with Crippen molar-refractivity contribution in [1.82, 2.24) is 10.2 Å². The number of halogens is 1. The molecule has 0 aliphatic carbocycles. The Morgan fingerprint density at radius 3 is 2.80 bits per heavy atom. The molecule has 1 heterocycles. The number of aromatic nitrogens is 2. The molecule has 2 amide bonds. The second-order valence-electron chi connectivity index (χ2n) is 3.56. The zero-order valence-electron chi connectivity index (χ0n) is 10.00. The number of benzene rings is 1. The van der Waals surface area contributed by atoms with Gasteiger partial charge in [-0.05, 0) is 28.1 Å². The number of amides is 2. The fraction of sp³-hybridized carbons (Fsp3) is 0.0909. The number of rotatable bonds is 5. The first-order valence-electron chi connectivity index (χ1n) is 5.37. The Morgan fingerprint density at radius 2 is 2.10 bits per heavy atom. The SMILES string of the molecule is NC(=O)CSc1nnc(NC(=O)c2ccccc2Br)s1. The van der Waals surface area contributed by atoms with Crippen LogP contribution in [-0.2, 0) is 4.79 Å². The summed E-state index contributed by atoms with van der Waals surface area (Å²) in [4.78, 5) is 22.7. The summed E-state index contributed by atoms with van der Waals surface area (Å²) in [6.07, 6.45) is 0. The second-order valence-corrected chi connectivity index (χ2v) is 6.62. The van der Waals surface area contributed by atoms with Crippen LogP contribution < -0.4 is 11.1 Å². The molecule has 0 aliphatic rings. The molecular formula is C11H9BrN4O2S2. The van der Waals surface area contributed by atoms with Crippen LogP contribution >= 0.6 is 39.0 Å². The van der Waals surface area contributed by atoms with E-state index >= 15 is 0 Å². The van der Waals surface area contributed by atoms with Crippen molar-refractivity contribution < 1.29 is 9.59 Å². The minimum absolute atomic E-state index is 0.132. The molecule has 0 saturated heterocycles. The predicted octanol–water partition coefficient (Wildman–Crippen LogP) is 2.13. The summed E-state index contributed by atoms with van der Waals surface area (Å²) in [5.74, 6) is -0.573. The number of carbonyl (C=O) groups is 2. The van der Waals surface area contributed by atoms with Gasteiger partial charge in [-0.1, -0.05) is 35.2 Å². The molecule has 6 nitrogen and oxygen atoms in total. The van der Waals surface area contributed by atoms with E-state index in [9.17, 15) is 9.59 Å². The zero-order chi connectivity index (χ0) is 14.5. The summed E-state index contributed by atoms with van der Waals surface area (Å²) in [6, 6.07) is 7.07. The molecule has 20 heavy (non-hydrogen) atoms. The summed E-state index contributed by atoms with van der Waals surface area (Å²) in [7, 11) is 0. The van der Waals surface area contributed by atoms with Gasteiger partial charge in [0.05, 0.1) is 11.3 Å². The van der Waals surface area contributed by atoms with Gasteiger partial charge in [0, 0.05) is 4.47 Å². The standard InChI is InChI=1S/C11H9BrN4O2S2/c12-7-4-2-1-3-6(7)9(18)14-10-15-16-11(20-10)19-5-8(13)17/h1-4H,5H2,(H2,13,17)(H,14,15,18). The van der Waals surface area contributed by atoms with E-state index in [0.717, 1.165) is 0 Å². The highest BCUT2D eigenvalue weighted by Gasteiger charge is 2.13. The molecule has 1 aromatic carbocycles. The Labute approximate surface area is 131 Å². The van der Waals surface area contributed by atoms with Crippen molar-refractivity contribution in [1.29, 1.82) is 0 Å². The molecule has 1 aromatic heterocycles. The van der Waals surface area contributed by atoms with Crippen LogP contribution in [0.25, 0.3) is 0 Å². The molecule has 0 unspecified atom stereocenters. The van der Waals surface area contributed by atoms with Gasteiger partial charge in [0.15, 0.2) is 4.34 Å². The minimum atomic E-state index is -0.427. The molecule has 2 aromatic rings. The number of hydrogen-bond donors (Lipinski definition) is 2. The average molecular weight is 373 g/mol. The van der Waals surface area contributed by atoms with Crippen LogP contribution in [0.5, 0.6) is 0 Å². The molecule has 9 heteroatoms. The normalized spacial score (nSPS) is 10.2. The number of nitrogens with two attached hydrogens (primary N) is 1. The van der Waals surface area contributed by atoms with Crippen LogP contribution in [0.15, 0.2) is 33.1 Å². The molecule has 0 spiro atoms. The zero-order valence-corrected chi connectivity index (χ0v) is 13.2. The Morgan fingerprint density at radius 1 is 1.35 bits per heavy atom. The van der Waals surface area contributed by atoms with Gasteiger partial charge in [-0.3, -0.25) is 14.9 Å². The van der Waals surface area contributed by atoms with E-state index < -0.39 is 5.91 Å². The van der Waals surface area contributed by atoms with Crippen molar-refractivity contribution in [2.24, 2.45) is 5.73 Å². The van der Waals surface area contributed by atoms with Gasteiger partial charge < -0.3 is 5.73 Å². The number of primary amides is 1. The van der Waals surface area contributed by atoms with Gasteiger partial charge in [0.1, 0.15) is 0 Å². The first kappa shape index (κ1) is 14.9. The van der Waals surface area contributed by atoms with Crippen molar-refractivity contribution in [2.45, 2.75) is 4.34 Å². The third-order valence-corrected chi connectivity index (χ3v) is 4.77. The lowest BCUT2D eigenvalue weighted by Crippen LogP contribution is -2.12. The minimum Gasteiger partial charge on any atom is -0.369 e. The Balaban J connectivity index is 2.02. The number of thioether (sulfide) groups is 1. The lowest BCUT2D eigenvalue weighted by Gasteiger charge is -2.02. The summed E-state index contributed by atoms with van der Waals surface area (Å²) in [6.45, 7) is 0. The summed E-state index contributed by atoms with van der Waals surface area (Å²) >= 11 is 5.68. The van der Waals surface area contributed by atoms with E-state index in [-0.39, 0.29) is 11.7 Å². The summed E-state index contributed by atoms with van der Waals surface area (Å²) in [5.41, 5.74) is 5.55. The van der Waals surface area contributed by atoms with Gasteiger partial charge in [-0.25, -0.2) is 0 Å². The highest BCUT2D eigenvalue weighted by Crippen LogP contribution is 2.26. The Hall–Kier alpha value is -1.45. The highest BCUT2D eigenvalue weighted by atomic mass is 79.9. The van der Waals surface area contributed by atoms with Crippen molar-refractivity contribution in [3.63, 3.8) is 0 Å². The van der Waals surface area contributed by atoms with Crippen LogP contribution in [0.2, 0.25) is 0 Å². The number of nitrogens with zero attached hydrogens (tertiary/aromatic N) is 2. The quantitative estimate of drug-likeness (QED) is 0.618. The monoisotopic (exact) mass is 372 g/mol. The second kappa shape index (κ2) is 6.82. The van der Waals surface area contributed by atoms with Crippen LogP contribution in [0.1, 0.15) is 10.4 Å². The lowest BCUT2D eigenvalue weighted by atomic mass is 10.2. The molecule has 2 rings (SSSR count). The van der Waals surface area contributed by atoms with Gasteiger partial charge in [-0.15, -0.1) is 10.2 Å². The van der Waals surface area contributed by atoms with Crippen molar-refractivity contribution in [3.8, 4) is 0 Å². The number of nitrogens with one attached hydrogen (secondary N) is 1. The number of carbonyl (C=O) groups excluding carboxylic acids is 2. The van der Waals surface area contributed by atoms with Crippen LogP contribution in [0.4, 0.5) is 5.13 Å². The van der Waals surface area contributed by atoms with Gasteiger partial charge in [-0.2, -0.15) is 0 Å². The van der Waals surface area contributed by atoms with E-state index in [1.807, 2.05) is 6.07 Å². The fourth-order valence-electron chi connectivity index (χ4n) is 1.26. The fourth-order valence-corrected chi connectivity index (χ4v) is 3.21. The van der Waals surface area contributed by atoms with E-state index in [2.05, 4.69) is 31.4 Å². The average Bonchev–Trinajstić information content (AvgIpc) is 2.84. The first-order chi connectivity index (χ1) is 9.56. The van der Waals surface area contributed by atoms with Crippen LogP contribution in [-0.4, -0.2) is 27.8 Å². The van der Waals surface area contributed by atoms with Crippen LogP contribution in [0, 0.1) is 0 Å². The van der Waals surface area contributed by atoms with E-state index in [4.69, 9.17) is 5.73 Å². The third kappa shape index (κ3) is 4.02. The molecule has 0 aliphatic heterocycles. The van der Waals surface area contributed by atoms with Gasteiger partial charge >= 0.3 is 0 Å². The first-order valence-corrected chi connectivity index (χ1v) is 7.96. The highest BCUT2D eigenvalue weighted by molar-refractivity contribution is 9.10. The third-order valence-electron chi connectivity index (χ3n) is 2.08. The maximum absolute atomic E-state index is 12.0. The molecular weight excluding hydrogens is 364 g/mol.